The van der Waals surface area contributed by atoms with E-state index < -0.39 is 6.04 Å². The number of ketones is 1. The van der Waals surface area contributed by atoms with E-state index in [1.807, 2.05) is 38.1 Å². The Labute approximate surface area is 304 Å². The van der Waals surface area contributed by atoms with Crippen LogP contribution in [-0.4, -0.2) is 119 Å². The number of aliphatic imine (C=N–C) groups is 1. The lowest BCUT2D eigenvalue weighted by molar-refractivity contribution is -0.119. The predicted molar refractivity (Wildman–Crippen MR) is 194 cm³/mol. The number of benzene rings is 1. The van der Waals surface area contributed by atoms with Crippen molar-refractivity contribution in [2.45, 2.75) is 53.0 Å². The summed E-state index contributed by atoms with van der Waals surface area (Å²) < 4.78 is 40.4. The Balaban J connectivity index is 1.08. The molecule has 276 valence electrons. The number of halogens is 1. The summed E-state index contributed by atoms with van der Waals surface area (Å²) in [4.78, 5) is 19.6. The minimum atomic E-state index is -0.461. The highest BCUT2D eigenvalue weighted by Gasteiger charge is 2.32. The minimum absolute atomic E-state index is 0.103. The molecule has 4 rings (SSSR count). The highest BCUT2D eigenvalue weighted by molar-refractivity contribution is 7.15. The molecule has 0 radical (unpaired) electrons. The summed E-state index contributed by atoms with van der Waals surface area (Å²) in [6, 6.07) is 7.22. The Bertz CT molecular complexity index is 1480. The van der Waals surface area contributed by atoms with Gasteiger partial charge in [-0.25, -0.2) is 0 Å². The fourth-order valence-corrected chi connectivity index (χ4v) is 6.63. The van der Waals surface area contributed by atoms with E-state index >= 15 is 0 Å². The van der Waals surface area contributed by atoms with Gasteiger partial charge in [0.15, 0.2) is 5.82 Å². The fourth-order valence-electron chi connectivity index (χ4n) is 5.29. The van der Waals surface area contributed by atoms with Gasteiger partial charge in [-0.05, 0) is 51.8 Å². The first kappa shape index (κ1) is 40.2. The number of hydrogen-bond acceptors (Lipinski definition) is 12. The molecule has 3 aromatic rings. The topological polar surface area (TPSA) is 125 Å². The minimum Gasteiger partial charge on any atom is -0.379 e. The van der Waals surface area contributed by atoms with Crippen molar-refractivity contribution in [3.8, 4) is 5.00 Å². The van der Waals surface area contributed by atoms with Gasteiger partial charge in [0.2, 0.25) is 0 Å². The number of nitrogens with zero attached hydrogens (tertiary/aromatic N) is 4. The van der Waals surface area contributed by atoms with Crippen LogP contribution >= 0.6 is 22.9 Å². The summed E-state index contributed by atoms with van der Waals surface area (Å²) in [5, 5.41) is 10.6. The SMILES string of the molecule is CCOCCOCCOCCOCCOCCOCCOCCCC(=O)C[C@@H]1N=C(c2ccc(Cl)cc2)c2c(sc(C)c2C)-n2c(C)nnc21. The van der Waals surface area contributed by atoms with Crippen molar-refractivity contribution in [1.82, 2.24) is 14.8 Å². The molecule has 1 atom stereocenters. The van der Waals surface area contributed by atoms with Crippen LogP contribution in [0.5, 0.6) is 0 Å². The zero-order chi connectivity index (χ0) is 35.6. The summed E-state index contributed by atoms with van der Waals surface area (Å²) in [7, 11) is 0. The Hall–Kier alpha value is -2.59. The lowest BCUT2D eigenvalue weighted by atomic mass is 9.99. The van der Waals surface area contributed by atoms with Crippen molar-refractivity contribution >= 4 is 34.4 Å². The molecule has 1 aromatic carbocycles. The third kappa shape index (κ3) is 12.6. The van der Waals surface area contributed by atoms with E-state index in [1.54, 1.807) is 11.3 Å². The number of ether oxygens (including phenoxy) is 7. The van der Waals surface area contributed by atoms with Gasteiger partial charge in [0.05, 0.1) is 85.0 Å². The maximum atomic E-state index is 13.2. The van der Waals surface area contributed by atoms with Crippen LogP contribution in [0.1, 0.15) is 65.4 Å². The zero-order valence-electron chi connectivity index (χ0n) is 29.7. The average molecular weight is 735 g/mol. The van der Waals surface area contributed by atoms with Gasteiger partial charge in [-0.3, -0.25) is 14.4 Å². The van der Waals surface area contributed by atoms with E-state index in [0.29, 0.717) is 116 Å². The molecule has 0 bridgehead atoms. The lowest BCUT2D eigenvalue weighted by Gasteiger charge is -2.12. The zero-order valence-corrected chi connectivity index (χ0v) is 31.3. The first-order valence-corrected chi connectivity index (χ1v) is 18.5. The van der Waals surface area contributed by atoms with Crippen LogP contribution in [-0.2, 0) is 38.0 Å². The van der Waals surface area contributed by atoms with Crippen LogP contribution < -0.4 is 0 Å². The second-order valence-electron chi connectivity index (χ2n) is 11.6. The maximum absolute atomic E-state index is 13.2. The number of hydrogen-bond donors (Lipinski definition) is 0. The van der Waals surface area contributed by atoms with Gasteiger partial charge < -0.3 is 33.2 Å². The molecule has 0 saturated carbocycles. The number of thiophene rings is 1. The molecule has 3 heterocycles. The van der Waals surface area contributed by atoms with E-state index in [1.165, 1.54) is 4.88 Å². The molecular weight excluding hydrogens is 684 g/mol. The molecule has 12 nitrogen and oxygen atoms in total. The summed E-state index contributed by atoms with van der Waals surface area (Å²) in [6.07, 6.45) is 1.24. The van der Waals surface area contributed by atoms with Crippen molar-refractivity contribution in [2.24, 2.45) is 4.99 Å². The highest BCUT2D eigenvalue weighted by Crippen LogP contribution is 2.39. The predicted octanol–water partition coefficient (Wildman–Crippen LogP) is 5.68. The molecular formula is C36H51ClN4O8S. The number of carbonyl (C=O) groups is 1. The number of Topliss-reactive ketones (excluding diaryl/α,β-unsaturated/α-hetero) is 1. The summed E-state index contributed by atoms with van der Waals surface area (Å²) >= 11 is 7.90. The molecule has 14 heteroatoms. The molecule has 0 fully saturated rings. The van der Waals surface area contributed by atoms with Crippen LogP contribution in [0.4, 0.5) is 0 Å². The largest absolute Gasteiger partial charge is 0.379 e. The monoisotopic (exact) mass is 734 g/mol. The molecule has 0 N–H and O–H groups in total. The van der Waals surface area contributed by atoms with E-state index in [0.717, 1.165) is 33.2 Å². The molecule has 0 amide bonds. The average Bonchev–Trinajstić information content (AvgIpc) is 3.59. The van der Waals surface area contributed by atoms with Crippen LogP contribution in [0, 0.1) is 20.8 Å². The number of aromatic nitrogens is 3. The Morgan fingerprint density at radius 1 is 0.760 bits per heavy atom. The molecule has 0 aliphatic carbocycles. The van der Waals surface area contributed by atoms with Gasteiger partial charge in [0.1, 0.15) is 22.7 Å². The van der Waals surface area contributed by atoms with Crippen LogP contribution in [0.25, 0.3) is 5.00 Å². The number of fused-ring (bicyclic) bond motifs is 3. The van der Waals surface area contributed by atoms with Crippen LogP contribution in [0.15, 0.2) is 29.3 Å². The highest BCUT2D eigenvalue weighted by atomic mass is 35.5. The molecule has 0 spiro atoms. The smallest absolute Gasteiger partial charge is 0.163 e. The second kappa shape index (κ2) is 22.4. The van der Waals surface area contributed by atoms with E-state index in [4.69, 9.17) is 49.8 Å². The normalized spacial score (nSPS) is 14.0. The van der Waals surface area contributed by atoms with Crippen molar-refractivity contribution in [3.05, 3.63) is 62.5 Å². The molecule has 1 aliphatic rings. The Morgan fingerprint density at radius 2 is 1.28 bits per heavy atom. The van der Waals surface area contributed by atoms with E-state index in [2.05, 4.69) is 28.6 Å². The van der Waals surface area contributed by atoms with Crippen molar-refractivity contribution < 1.29 is 38.0 Å². The van der Waals surface area contributed by atoms with E-state index in [9.17, 15) is 4.79 Å². The van der Waals surface area contributed by atoms with Crippen molar-refractivity contribution in [3.63, 3.8) is 0 Å². The van der Waals surface area contributed by atoms with Crippen molar-refractivity contribution in [2.75, 3.05) is 92.5 Å². The number of aryl methyl sites for hydroxylation is 2. The van der Waals surface area contributed by atoms with Gasteiger partial charge >= 0.3 is 0 Å². The summed E-state index contributed by atoms with van der Waals surface area (Å²) in [6.45, 7) is 15.5. The van der Waals surface area contributed by atoms with Crippen LogP contribution in [0.3, 0.4) is 0 Å². The van der Waals surface area contributed by atoms with Gasteiger partial charge in [-0.15, -0.1) is 21.5 Å². The lowest BCUT2D eigenvalue weighted by Crippen LogP contribution is -2.14. The molecule has 0 saturated heterocycles. The number of rotatable bonds is 26. The van der Waals surface area contributed by atoms with Gasteiger partial charge in [0, 0.05) is 47.1 Å². The maximum Gasteiger partial charge on any atom is 0.163 e. The molecule has 50 heavy (non-hydrogen) atoms. The number of carbonyl (C=O) groups excluding carboxylic acids is 1. The van der Waals surface area contributed by atoms with Gasteiger partial charge in [-0.2, -0.15) is 0 Å². The second-order valence-corrected chi connectivity index (χ2v) is 13.3. The molecule has 0 unspecified atom stereocenters. The summed E-state index contributed by atoms with van der Waals surface area (Å²) in [5.41, 5.74) is 4.00. The molecule has 2 aromatic heterocycles. The van der Waals surface area contributed by atoms with Crippen molar-refractivity contribution in [1.29, 1.82) is 0 Å². The van der Waals surface area contributed by atoms with E-state index in [-0.39, 0.29) is 12.2 Å². The first-order chi connectivity index (χ1) is 24.4. The standard InChI is InChI=1S/C36H51ClN4O8S/c1-5-43-13-14-45-17-18-47-21-22-49-24-23-48-20-19-46-16-15-44-12-6-7-31(42)25-32-35-40-39-28(4)41(35)36-33(26(2)27(3)50-36)34(38-32)29-8-10-30(37)11-9-29/h8-11,32H,5-7,12-25H2,1-4H3/t32-/m0/s1. The fraction of sp³-hybridized carbons (Fsp3) is 0.611. The van der Waals surface area contributed by atoms with Gasteiger partial charge in [0.25, 0.3) is 0 Å². The van der Waals surface area contributed by atoms with Gasteiger partial charge in [-0.1, -0.05) is 23.7 Å². The Kier molecular flexibility index (Phi) is 18.0. The molecule has 1 aliphatic heterocycles. The first-order valence-electron chi connectivity index (χ1n) is 17.3. The third-order valence-electron chi connectivity index (χ3n) is 7.96. The summed E-state index contributed by atoms with van der Waals surface area (Å²) in [5.74, 6) is 1.56. The Morgan fingerprint density at radius 3 is 1.82 bits per heavy atom. The quantitative estimate of drug-likeness (QED) is 0.0953. The van der Waals surface area contributed by atoms with Crippen LogP contribution in [0.2, 0.25) is 5.02 Å². The third-order valence-corrected chi connectivity index (χ3v) is 9.40.